The predicted octanol–water partition coefficient (Wildman–Crippen LogP) is 1.46. The van der Waals surface area contributed by atoms with Crippen LogP contribution in [0.3, 0.4) is 0 Å². The van der Waals surface area contributed by atoms with E-state index in [0.717, 1.165) is 18.4 Å². The molecule has 0 unspecified atom stereocenters. The Kier molecular flexibility index (Phi) is 5.23. The Balaban J connectivity index is 1.77. The molecular weight excluding hydrogens is 304 g/mol. The number of carbonyl (C=O) groups excluding carboxylic acids is 1. The normalized spacial score (nSPS) is 29.0. The smallest absolute Gasteiger partial charge is 0.225 e. The van der Waals surface area contributed by atoms with Gasteiger partial charge in [-0.1, -0.05) is 30.3 Å². The molecule has 0 radical (unpaired) electrons. The summed E-state index contributed by atoms with van der Waals surface area (Å²) in [5, 5.41) is 11.4. The van der Waals surface area contributed by atoms with Crippen molar-refractivity contribution in [3.63, 3.8) is 0 Å². The number of rotatable bonds is 3. The molecule has 1 aromatic carbocycles. The molecule has 132 valence electrons. The van der Waals surface area contributed by atoms with Gasteiger partial charge < -0.3 is 19.6 Å². The predicted molar refractivity (Wildman–Crippen MR) is 92.6 cm³/mol. The number of piperidine rings is 1. The zero-order valence-corrected chi connectivity index (χ0v) is 14.6. The van der Waals surface area contributed by atoms with E-state index in [1.54, 1.807) is 0 Å². The number of nitrogens with zero attached hydrogens (tertiary/aromatic N) is 2. The summed E-state index contributed by atoms with van der Waals surface area (Å²) in [6, 6.07) is 9.72. The number of aliphatic hydroxyl groups is 1. The van der Waals surface area contributed by atoms with E-state index in [2.05, 4.69) is 0 Å². The third-order valence-electron chi connectivity index (χ3n) is 5.49. The van der Waals surface area contributed by atoms with Crippen LogP contribution >= 0.6 is 0 Å². The Hall–Kier alpha value is -1.43. The Morgan fingerprint density at radius 2 is 1.92 bits per heavy atom. The van der Waals surface area contributed by atoms with Gasteiger partial charge in [0.05, 0.1) is 6.04 Å². The molecule has 2 saturated heterocycles. The Morgan fingerprint density at radius 3 is 2.54 bits per heavy atom. The zero-order chi connectivity index (χ0) is 17.2. The van der Waals surface area contributed by atoms with E-state index in [4.69, 9.17) is 4.74 Å². The minimum Gasteiger partial charge on any atom is -0.383 e. The molecule has 5 nitrogen and oxygen atoms in total. The average molecular weight is 332 g/mol. The first-order valence-corrected chi connectivity index (χ1v) is 8.83. The molecule has 24 heavy (non-hydrogen) atoms. The summed E-state index contributed by atoms with van der Waals surface area (Å²) in [7, 11) is 3.95. The number of amides is 1. The van der Waals surface area contributed by atoms with Crippen LogP contribution in [0, 0.1) is 5.92 Å². The van der Waals surface area contributed by atoms with Gasteiger partial charge in [0.2, 0.25) is 5.91 Å². The first kappa shape index (κ1) is 17.4. The summed E-state index contributed by atoms with van der Waals surface area (Å²) in [4.78, 5) is 16.8. The van der Waals surface area contributed by atoms with Gasteiger partial charge in [0.1, 0.15) is 5.60 Å². The summed E-state index contributed by atoms with van der Waals surface area (Å²) in [6.45, 7) is 2.52. The molecule has 1 N–H and O–H groups in total. The third kappa shape index (κ3) is 3.34. The summed E-state index contributed by atoms with van der Waals surface area (Å²) in [5.41, 5.74) is 0.0129. The molecule has 1 amide bonds. The van der Waals surface area contributed by atoms with Gasteiger partial charge in [0, 0.05) is 32.2 Å². The molecule has 0 bridgehead atoms. The Bertz CT molecular complexity index is 557. The fraction of sp³-hybridized carbons (Fsp3) is 0.632. The van der Waals surface area contributed by atoms with Crippen molar-refractivity contribution in [3.8, 4) is 0 Å². The molecule has 1 aromatic rings. The maximum absolute atomic E-state index is 12.8. The third-order valence-corrected chi connectivity index (χ3v) is 5.49. The lowest BCUT2D eigenvalue weighted by atomic mass is 9.79. The fourth-order valence-electron chi connectivity index (χ4n) is 3.98. The lowest BCUT2D eigenvalue weighted by molar-refractivity contribution is -0.148. The summed E-state index contributed by atoms with van der Waals surface area (Å²) < 4.78 is 5.37. The van der Waals surface area contributed by atoms with Crippen molar-refractivity contribution >= 4 is 5.91 Å². The van der Waals surface area contributed by atoms with Crippen LogP contribution in [-0.2, 0) is 15.1 Å². The number of hydrogen-bond donors (Lipinski definition) is 1. The molecular formula is C19H28N2O3. The average Bonchev–Trinajstić information content (AvgIpc) is 2.63. The van der Waals surface area contributed by atoms with Gasteiger partial charge in [-0.3, -0.25) is 4.79 Å². The van der Waals surface area contributed by atoms with Crippen LogP contribution in [0.25, 0.3) is 0 Å². The van der Waals surface area contributed by atoms with Gasteiger partial charge in [-0.05, 0) is 38.9 Å². The van der Waals surface area contributed by atoms with Gasteiger partial charge in [0.25, 0.3) is 0 Å². The molecule has 3 rings (SSSR count). The molecule has 2 atom stereocenters. The lowest BCUT2D eigenvalue weighted by Gasteiger charge is -2.48. The maximum Gasteiger partial charge on any atom is 0.225 e. The number of hydrogen-bond acceptors (Lipinski definition) is 4. The summed E-state index contributed by atoms with van der Waals surface area (Å²) in [5.74, 6) is 0.296. The zero-order valence-electron chi connectivity index (χ0n) is 14.6. The van der Waals surface area contributed by atoms with E-state index in [0.29, 0.717) is 32.7 Å². The summed E-state index contributed by atoms with van der Waals surface area (Å²) >= 11 is 0. The van der Waals surface area contributed by atoms with Gasteiger partial charge in [-0.2, -0.15) is 0 Å². The molecule has 0 aromatic heterocycles. The molecule has 0 aliphatic carbocycles. The molecule has 2 fully saturated rings. The van der Waals surface area contributed by atoms with Crippen LogP contribution in [0.5, 0.6) is 0 Å². The number of likely N-dealkylation sites (N-methyl/N-ethyl adjacent to an activating group) is 1. The standard InChI is InChI=1S/C19H28N2O3/c1-20(2)17-14-21(18(22)15-8-12-24-13-9-15)11-10-19(17,23)16-6-4-3-5-7-16/h3-7,15,17,23H,8-14H2,1-2H3/t17-,19+/m1/s1. The summed E-state index contributed by atoms with van der Waals surface area (Å²) in [6.07, 6.45) is 2.19. The van der Waals surface area contributed by atoms with Gasteiger partial charge >= 0.3 is 0 Å². The van der Waals surface area contributed by atoms with Crippen molar-refractivity contribution < 1.29 is 14.6 Å². The van der Waals surface area contributed by atoms with Crippen LogP contribution < -0.4 is 0 Å². The minimum atomic E-state index is -0.919. The first-order chi connectivity index (χ1) is 11.5. The SMILES string of the molecule is CN(C)[C@@H]1CN(C(=O)C2CCOCC2)CC[C@]1(O)c1ccccc1. The van der Waals surface area contributed by atoms with Crippen LogP contribution in [0.4, 0.5) is 0 Å². The van der Waals surface area contributed by atoms with E-state index in [-0.39, 0.29) is 17.9 Å². The van der Waals surface area contributed by atoms with E-state index in [9.17, 15) is 9.90 Å². The van der Waals surface area contributed by atoms with E-state index < -0.39 is 5.60 Å². The van der Waals surface area contributed by atoms with Gasteiger partial charge in [0.15, 0.2) is 0 Å². The lowest BCUT2D eigenvalue weighted by Crippen LogP contribution is -2.60. The van der Waals surface area contributed by atoms with Gasteiger partial charge in [-0.25, -0.2) is 0 Å². The van der Waals surface area contributed by atoms with Crippen molar-refractivity contribution in [1.82, 2.24) is 9.80 Å². The second kappa shape index (κ2) is 7.21. The highest BCUT2D eigenvalue weighted by atomic mass is 16.5. The van der Waals surface area contributed by atoms with E-state index in [1.165, 1.54) is 0 Å². The Labute approximate surface area is 144 Å². The van der Waals surface area contributed by atoms with Crippen LogP contribution in [0.1, 0.15) is 24.8 Å². The number of likely N-dealkylation sites (tertiary alicyclic amines) is 1. The minimum absolute atomic E-state index is 0.0736. The monoisotopic (exact) mass is 332 g/mol. The topological polar surface area (TPSA) is 53.0 Å². The van der Waals surface area contributed by atoms with E-state index in [1.807, 2.05) is 54.2 Å². The molecule has 0 saturated carbocycles. The maximum atomic E-state index is 12.8. The first-order valence-electron chi connectivity index (χ1n) is 8.83. The van der Waals surface area contributed by atoms with Crippen molar-refractivity contribution in [1.29, 1.82) is 0 Å². The second-order valence-corrected chi connectivity index (χ2v) is 7.19. The van der Waals surface area contributed by atoms with Crippen molar-refractivity contribution in [2.45, 2.75) is 30.9 Å². The van der Waals surface area contributed by atoms with Gasteiger partial charge in [-0.15, -0.1) is 0 Å². The largest absolute Gasteiger partial charge is 0.383 e. The molecule has 0 spiro atoms. The number of carbonyl (C=O) groups is 1. The second-order valence-electron chi connectivity index (χ2n) is 7.19. The quantitative estimate of drug-likeness (QED) is 0.911. The number of ether oxygens (including phenoxy) is 1. The molecule has 2 heterocycles. The highest BCUT2D eigenvalue weighted by Crippen LogP contribution is 2.36. The molecule has 5 heteroatoms. The van der Waals surface area contributed by atoms with Crippen LogP contribution in [0.15, 0.2) is 30.3 Å². The molecule has 2 aliphatic heterocycles. The van der Waals surface area contributed by atoms with Crippen molar-refractivity contribution in [2.75, 3.05) is 40.4 Å². The van der Waals surface area contributed by atoms with Crippen LogP contribution in [-0.4, -0.2) is 67.3 Å². The highest BCUT2D eigenvalue weighted by molar-refractivity contribution is 5.79. The number of benzene rings is 1. The Morgan fingerprint density at radius 1 is 1.25 bits per heavy atom. The van der Waals surface area contributed by atoms with E-state index >= 15 is 0 Å². The fourth-order valence-corrected chi connectivity index (χ4v) is 3.98. The highest BCUT2D eigenvalue weighted by Gasteiger charge is 2.45. The van der Waals surface area contributed by atoms with Crippen molar-refractivity contribution in [3.05, 3.63) is 35.9 Å². The van der Waals surface area contributed by atoms with Crippen LogP contribution in [0.2, 0.25) is 0 Å². The van der Waals surface area contributed by atoms with Crippen molar-refractivity contribution in [2.24, 2.45) is 5.92 Å². The molecule has 2 aliphatic rings.